The number of benzene rings is 3. The lowest BCUT2D eigenvalue weighted by Crippen LogP contribution is -2.31. The maximum atomic E-state index is 12.6. The Morgan fingerprint density at radius 3 is 2.41 bits per heavy atom. The zero-order valence-corrected chi connectivity index (χ0v) is 12.7. The Hall–Kier alpha value is -2.55. The van der Waals surface area contributed by atoms with Gasteiger partial charge in [0.25, 0.3) is 5.91 Å². The van der Waals surface area contributed by atoms with Crippen molar-refractivity contribution in [3.8, 4) is 5.75 Å². The molecule has 1 atom stereocenters. The summed E-state index contributed by atoms with van der Waals surface area (Å²) in [5, 5.41) is 19.0. The van der Waals surface area contributed by atoms with Gasteiger partial charge in [-0.2, -0.15) is 0 Å². The van der Waals surface area contributed by atoms with Crippen LogP contribution >= 0.6 is 0 Å². The summed E-state index contributed by atoms with van der Waals surface area (Å²) in [7, 11) is 0. The molecule has 0 aromatic heterocycles. The number of carbonyl (C=O) groups is 1. The summed E-state index contributed by atoms with van der Waals surface area (Å²) in [4.78, 5) is 12.2. The van der Waals surface area contributed by atoms with Gasteiger partial charge in [-0.15, -0.1) is 0 Å². The second kappa shape index (κ2) is 5.68. The second-order valence-corrected chi connectivity index (χ2v) is 5.65. The third-order valence-electron chi connectivity index (χ3n) is 4.07. The van der Waals surface area contributed by atoms with Gasteiger partial charge in [-0.1, -0.05) is 37.3 Å². The van der Waals surface area contributed by atoms with E-state index >= 15 is 0 Å². The van der Waals surface area contributed by atoms with E-state index < -0.39 is 0 Å². The molecule has 0 aliphatic carbocycles. The zero-order valence-electron chi connectivity index (χ0n) is 12.7. The molecule has 0 fully saturated rings. The minimum Gasteiger partial charge on any atom is -0.349 e. The number of nitrogens with one attached hydrogen (secondary N) is 1. The van der Waals surface area contributed by atoms with Gasteiger partial charge in [-0.25, -0.2) is 0 Å². The molecule has 0 saturated heterocycles. The summed E-state index contributed by atoms with van der Waals surface area (Å²) in [6.07, 6.45) is 0.831. The van der Waals surface area contributed by atoms with Crippen molar-refractivity contribution in [2.24, 2.45) is 0 Å². The summed E-state index contributed by atoms with van der Waals surface area (Å²) in [5.74, 6) is -0.501. The van der Waals surface area contributed by atoms with E-state index in [0.29, 0.717) is 5.39 Å². The van der Waals surface area contributed by atoms with Crippen LogP contribution in [0.25, 0.3) is 21.5 Å². The maximum absolute atomic E-state index is 12.6. The first-order chi connectivity index (χ1) is 10.6. The summed E-state index contributed by atoms with van der Waals surface area (Å²) in [6, 6.07) is 15.3. The second-order valence-electron chi connectivity index (χ2n) is 5.65. The van der Waals surface area contributed by atoms with Gasteiger partial charge in [0.05, 0.1) is 5.56 Å². The molecule has 0 aliphatic rings. The van der Waals surface area contributed by atoms with Gasteiger partial charge < -0.3 is 5.32 Å². The fraction of sp³-hybridized carbons (Fsp3) is 0.211. The Kier molecular flexibility index (Phi) is 3.72. The molecule has 0 aliphatic heterocycles. The van der Waals surface area contributed by atoms with E-state index in [1.54, 1.807) is 6.07 Å². The lowest BCUT2D eigenvalue weighted by molar-refractivity contribution is 0.0935. The summed E-state index contributed by atoms with van der Waals surface area (Å²) < 4.78 is 0. The normalized spacial score (nSPS) is 12.5. The number of hydrogen-bond donors (Lipinski definition) is 1. The van der Waals surface area contributed by atoms with Crippen LogP contribution in [0.1, 0.15) is 30.6 Å². The summed E-state index contributed by atoms with van der Waals surface area (Å²) >= 11 is 0. The Morgan fingerprint density at radius 1 is 1.05 bits per heavy atom. The summed E-state index contributed by atoms with van der Waals surface area (Å²) in [6.45, 7) is 3.92. The summed E-state index contributed by atoms with van der Waals surface area (Å²) in [5.41, 5.74) is 0.211. The molecule has 1 amide bonds. The molecule has 22 heavy (non-hydrogen) atoms. The molecule has 3 rings (SSSR count). The number of amides is 1. The standard InChI is InChI=1S/C19H18NO2/c1-3-12(2)20-19(22)16-9-8-15-10-13-6-4-5-7-14(13)11-17(15)18(16)21/h4-12H,3H2,1-2H3,(H,20,22). The first-order valence-corrected chi connectivity index (χ1v) is 7.53. The molecule has 1 unspecified atom stereocenters. The van der Waals surface area contributed by atoms with Crippen LogP contribution in [0.4, 0.5) is 0 Å². The Bertz CT molecular complexity index is 855. The lowest BCUT2D eigenvalue weighted by Gasteiger charge is -2.12. The number of carbonyl (C=O) groups excluding carboxylic acids is 1. The van der Waals surface area contributed by atoms with Crippen molar-refractivity contribution in [1.82, 2.24) is 5.32 Å². The zero-order chi connectivity index (χ0) is 15.7. The van der Waals surface area contributed by atoms with Crippen molar-refractivity contribution in [1.29, 1.82) is 0 Å². The minimum atomic E-state index is -0.297. The van der Waals surface area contributed by atoms with Crippen molar-refractivity contribution in [2.75, 3.05) is 0 Å². The molecule has 0 spiro atoms. The fourth-order valence-electron chi connectivity index (χ4n) is 2.57. The molecule has 3 aromatic carbocycles. The first kappa shape index (κ1) is 14.4. The largest absolute Gasteiger partial charge is 0.349 e. The van der Waals surface area contributed by atoms with Crippen molar-refractivity contribution < 1.29 is 9.90 Å². The van der Waals surface area contributed by atoms with Crippen LogP contribution in [0.3, 0.4) is 0 Å². The van der Waals surface area contributed by atoms with Gasteiger partial charge in [0.1, 0.15) is 0 Å². The van der Waals surface area contributed by atoms with Gasteiger partial charge in [0.2, 0.25) is 0 Å². The molecule has 1 radical (unpaired) electrons. The van der Waals surface area contributed by atoms with E-state index in [1.165, 1.54) is 0 Å². The predicted octanol–water partition coefficient (Wildman–Crippen LogP) is 4.67. The molecule has 1 N–H and O–H groups in total. The first-order valence-electron chi connectivity index (χ1n) is 7.53. The average Bonchev–Trinajstić information content (AvgIpc) is 2.53. The molecule has 0 saturated carbocycles. The molecule has 111 valence electrons. The highest BCUT2D eigenvalue weighted by molar-refractivity contribution is 6.07. The van der Waals surface area contributed by atoms with E-state index in [0.717, 1.165) is 22.6 Å². The van der Waals surface area contributed by atoms with E-state index in [-0.39, 0.29) is 23.3 Å². The van der Waals surface area contributed by atoms with Crippen LogP contribution in [-0.4, -0.2) is 11.9 Å². The monoisotopic (exact) mass is 292 g/mol. The van der Waals surface area contributed by atoms with Gasteiger partial charge in [-0.05, 0) is 47.7 Å². The Morgan fingerprint density at radius 2 is 1.73 bits per heavy atom. The molecular weight excluding hydrogens is 274 g/mol. The van der Waals surface area contributed by atoms with E-state index in [9.17, 15) is 9.90 Å². The van der Waals surface area contributed by atoms with Gasteiger partial charge >= 0.3 is 0 Å². The predicted molar refractivity (Wildman–Crippen MR) is 88.8 cm³/mol. The average molecular weight is 292 g/mol. The SMILES string of the molecule is CCC(C)NC(=O)c1ccc2cc3ccccc3cc2c1[O]. The molecule has 0 heterocycles. The highest BCUT2D eigenvalue weighted by atomic mass is 16.3. The molecule has 0 bridgehead atoms. The van der Waals surface area contributed by atoms with Crippen molar-refractivity contribution in [3.05, 3.63) is 54.1 Å². The lowest BCUT2D eigenvalue weighted by atomic mass is 10.00. The molecule has 3 aromatic rings. The van der Waals surface area contributed by atoms with Crippen LogP contribution < -0.4 is 5.32 Å². The fourth-order valence-corrected chi connectivity index (χ4v) is 2.57. The van der Waals surface area contributed by atoms with E-state index in [1.807, 2.05) is 56.3 Å². The van der Waals surface area contributed by atoms with Crippen LogP contribution in [0.2, 0.25) is 0 Å². The van der Waals surface area contributed by atoms with E-state index in [2.05, 4.69) is 5.32 Å². The molecule has 3 heteroatoms. The Labute approximate surface area is 129 Å². The van der Waals surface area contributed by atoms with E-state index in [4.69, 9.17) is 0 Å². The van der Waals surface area contributed by atoms with Gasteiger partial charge in [0, 0.05) is 11.4 Å². The minimum absolute atomic E-state index is 0.0548. The van der Waals surface area contributed by atoms with Crippen LogP contribution in [-0.2, 0) is 5.11 Å². The Balaban J connectivity index is 2.12. The third-order valence-corrected chi connectivity index (χ3v) is 4.07. The van der Waals surface area contributed by atoms with Crippen molar-refractivity contribution in [2.45, 2.75) is 26.3 Å². The number of rotatable bonds is 3. The number of fused-ring (bicyclic) bond motifs is 2. The van der Waals surface area contributed by atoms with Crippen LogP contribution in [0.15, 0.2) is 48.5 Å². The highest BCUT2D eigenvalue weighted by Gasteiger charge is 2.17. The maximum Gasteiger partial charge on any atom is 0.255 e. The van der Waals surface area contributed by atoms with Gasteiger partial charge in [-0.3, -0.25) is 9.90 Å². The van der Waals surface area contributed by atoms with Crippen LogP contribution in [0.5, 0.6) is 5.75 Å². The quantitative estimate of drug-likeness (QED) is 0.701. The smallest absolute Gasteiger partial charge is 0.255 e. The molecule has 3 nitrogen and oxygen atoms in total. The van der Waals surface area contributed by atoms with Crippen molar-refractivity contribution >= 4 is 27.5 Å². The molecular formula is C19H18NO2. The highest BCUT2D eigenvalue weighted by Crippen LogP contribution is 2.32. The van der Waals surface area contributed by atoms with Crippen molar-refractivity contribution in [3.63, 3.8) is 0 Å². The van der Waals surface area contributed by atoms with Crippen LogP contribution in [0, 0.1) is 0 Å². The number of hydrogen-bond acceptors (Lipinski definition) is 1. The third kappa shape index (κ3) is 2.50. The topological polar surface area (TPSA) is 49.0 Å². The van der Waals surface area contributed by atoms with Gasteiger partial charge in [0.15, 0.2) is 5.75 Å².